The van der Waals surface area contributed by atoms with E-state index in [1.54, 1.807) is 18.2 Å². The number of nitrogens with one attached hydrogen (secondary N) is 1. The Kier molecular flexibility index (Phi) is 3.90. The Labute approximate surface area is 116 Å². The maximum atomic E-state index is 12.1. The number of aromatic nitrogens is 3. The number of rotatable bonds is 4. The molecule has 10 heteroatoms. The summed E-state index contributed by atoms with van der Waals surface area (Å²) in [6.07, 6.45) is 1.50. The van der Waals surface area contributed by atoms with Crippen molar-refractivity contribution in [2.45, 2.75) is 5.03 Å². The van der Waals surface area contributed by atoms with E-state index in [9.17, 15) is 18.5 Å². The molecule has 2 heterocycles. The maximum Gasteiger partial charge on any atom is 0.493 e. The molecule has 0 spiro atoms. The average Bonchev–Trinajstić information content (AvgIpc) is 2.85. The van der Waals surface area contributed by atoms with Gasteiger partial charge in [0, 0.05) is 25.8 Å². The Hall–Kier alpha value is -1.75. The van der Waals surface area contributed by atoms with Crippen LogP contribution < -0.4 is 5.46 Å². The lowest BCUT2D eigenvalue weighted by Gasteiger charge is -2.11. The van der Waals surface area contributed by atoms with E-state index in [1.165, 1.54) is 20.3 Å². The maximum absolute atomic E-state index is 12.1. The van der Waals surface area contributed by atoms with Crippen LogP contribution in [0.2, 0.25) is 0 Å². The van der Waals surface area contributed by atoms with E-state index in [-0.39, 0.29) is 16.2 Å². The van der Waals surface area contributed by atoms with Crippen LogP contribution in [-0.2, 0) is 10.0 Å². The normalized spacial score (nSPS) is 11.8. The molecule has 106 valence electrons. The first-order valence-electron chi connectivity index (χ1n) is 5.64. The van der Waals surface area contributed by atoms with Crippen molar-refractivity contribution < 1.29 is 18.5 Å². The zero-order chi connectivity index (χ0) is 14.9. The Morgan fingerprint density at radius 2 is 2.00 bits per heavy atom. The fourth-order valence-electron chi connectivity index (χ4n) is 1.65. The van der Waals surface area contributed by atoms with Gasteiger partial charge in [0.25, 0.3) is 10.0 Å². The minimum absolute atomic E-state index is 0.0843. The number of aromatic amines is 1. The van der Waals surface area contributed by atoms with Gasteiger partial charge >= 0.3 is 7.12 Å². The molecule has 0 aliphatic rings. The highest BCUT2D eigenvalue weighted by Crippen LogP contribution is 2.17. The van der Waals surface area contributed by atoms with Crippen LogP contribution in [0.4, 0.5) is 0 Å². The Bertz CT molecular complexity index is 699. The number of hydrogen-bond acceptors (Lipinski definition) is 6. The molecule has 0 saturated carbocycles. The van der Waals surface area contributed by atoms with Crippen LogP contribution in [0.1, 0.15) is 0 Å². The average molecular weight is 296 g/mol. The monoisotopic (exact) mass is 296 g/mol. The van der Waals surface area contributed by atoms with Gasteiger partial charge in [0.2, 0.25) is 0 Å². The minimum atomic E-state index is -3.87. The van der Waals surface area contributed by atoms with Gasteiger partial charge in [-0.15, -0.1) is 0 Å². The van der Waals surface area contributed by atoms with Crippen molar-refractivity contribution in [1.29, 1.82) is 0 Å². The fourth-order valence-corrected chi connectivity index (χ4v) is 2.66. The van der Waals surface area contributed by atoms with Crippen LogP contribution in [0, 0.1) is 0 Å². The van der Waals surface area contributed by atoms with Gasteiger partial charge in [0.15, 0.2) is 5.03 Å². The third-order valence-corrected chi connectivity index (χ3v) is 4.46. The Morgan fingerprint density at radius 1 is 1.30 bits per heavy atom. The topological polar surface area (TPSA) is 119 Å². The zero-order valence-corrected chi connectivity index (χ0v) is 11.7. The van der Waals surface area contributed by atoms with Gasteiger partial charge in [-0.05, 0) is 12.1 Å². The molecular weight excluding hydrogens is 283 g/mol. The van der Waals surface area contributed by atoms with E-state index >= 15 is 0 Å². The van der Waals surface area contributed by atoms with Gasteiger partial charge < -0.3 is 10.0 Å². The van der Waals surface area contributed by atoms with Gasteiger partial charge in [-0.1, -0.05) is 6.07 Å². The first kappa shape index (κ1) is 14.7. The highest BCUT2D eigenvalue weighted by atomic mass is 32.2. The molecule has 0 radical (unpaired) electrons. The third-order valence-electron chi connectivity index (χ3n) is 2.67. The first-order valence-corrected chi connectivity index (χ1v) is 7.08. The summed E-state index contributed by atoms with van der Waals surface area (Å²) < 4.78 is 25.2. The van der Waals surface area contributed by atoms with Gasteiger partial charge in [-0.25, -0.2) is 12.7 Å². The summed E-state index contributed by atoms with van der Waals surface area (Å²) in [5.74, 6) is 0. The molecule has 0 fully saturated rings. The molecule has 2 rings (SSSR count). The van der Waals surface area contributed by atoms with E-state index < -0.39 is 17.1 Å². The standard InChI is InChI=1S/C10H13BN4O4S/c1-15(2)20(18,19)10-8(11(16)17)9(13-14-10)7-5-3-4-6-12-7/h3-6,16-17H,1-2H3,(H,13,14). The summed E-state index contributed by atoms with van der Waals surface area (Å²) in [6.45, 7) is 0. The second-order valence-corrected chi connectivity index (χ2v) is 6.28. The number of hydrogen-bond donors (Lipinski definition) is 3. The number of nitrogens with zero attached hydrogens (tertiary/aromatic N) is 3. The highest BCUT2D eigenvalue weighted by Gasteiger charge is 2.33. The van der Waals surface area contributed by atoms with Crippen molar-refractivity contribution in [3.8, 4) is 11.4 Å². The van der Waals surface area contributed by atoms with Crippen molar-refractivity contribution >= 4 is 22.6 Å². The Morgan fingerprint density at radius 3 is 2.50 bits per heavy atom. The first-order chi connectivity index (χ1) is 9.35. The van der Waals surface area contributed by atoms with Crippen molar-refractivity contribution in [2.24, 2.45) is 0 Å². The molecule has 0 atom stereocenters. The van der Waals surface area contributed by atoms with E-state index in [0.29, 0.717) is 5.69 Å². The minimum Gasteiger partial charge on any atom is -0.423 e. The fraction of sp³-hybridized carbons (Fsp3) is 0.200. The highest BCUT2D eigenvalue weighted by molar-refractivity contribution is 7.89. The molecule has 0 unspecified atom stereocenters. The van der Waals surface area contributed by atoms with Crippen LogP contribution in [0.3, 0.4) is 0 Å². The van der Waals surface area contributed by atoms with Crippen molar-refractivity contribution in [3.63, 3.8) is 0 Å². The molecule has 8 nitrogen and oxygen atoms in total. The summed E-state index contributed by atoms with van der Waals surface area (Å²) >= 11 is 0. The zero-order valence-electron chi connectivity index (χ0n) is 10.8. The van der Waals surface area contributed by atoms with Crippen LogP contribution in [0.5, 0.6) is 0 Å². The third kappa shape index (κ3) is 2.45. The molecule has 2 aromatic heterocycles. The Balaban J connectivity index is 2.67. The summed E-state index contributed by atoms with van der Waals surface area (Å²) in [4.78, 5) is 4.02. The van der Waals surface area contributed by atoms with Crippen molar-refractivity contribution in [2.75, 3.05) is 14.1 Å². The van der Waals surface area contributed by atoms with Crippen molar-refractivity contribution in [1.82, 2.24) is 19.5 Å². The van der Waals surface area contributed by atoms with Gasteiger partial charge in [0.05, 0.1) is 5.69 Å². The van der Waals surface area contributed by atoms with Crippen LogP contribution >= 0.6 is 0 Å². The van der Waals surface area contributed by atoms with Crippen molar-refractivity contribution in [3.05, 3.63) is 24.4 Å². The largest absolute Gasteiger partial charge is 0.493 e. The summed E-state index contributed by atoms with van der Waals surface area (Å²) in [6, 6.07) is 4.96. The van der Waals surface area contributed by atoms with E-state index in [2.05, 4.69) is 15.2 Å². The second-order valence-electron chi connectivity index (χ2n) is 4.19. The molecule has 0 aromatic carbocycles. The molecule has 0 aliphatic heterocycles. The molecule has 0 bridgehead atoms. The predicted molar refractivity (Wildman–Crippen MR) is 72.5 cm³/mol. The number of H-pyrrole nitrogens is 1. The smallest absolute Gasteiger partial charge is 0.423 e. The van der Waals surface area contributed by atoms with E-state index in [1.807, 2.05) is 0 Å². The van der Waals surface area contributed by atoms with Gasteiger partial charge in [-0.3, -0.25) is 10.1 Å². The second kappa shape index (κ2) is 5.33. The molecule has 20 heavy (non-hydrogen) atoms. The van der Waals surface area contributed by atoms with Crippen LogP contribution in [-0.4, -0.2) is 59.2 Å². The molecule has 3 N–H and O–H groups in total. The van der Waals surface area contributed by atoms with Crippen LogP contribution in [0.25, 0.3) is 11.4 Å². The lowest BCUT2D eigenvalue weighted by atomic mass is 9.80. The van der Waals surface area contributed by atoms with Gasteiger partial charge in [-0.2, -0.15) is 5.10 Å². The molecule has 0 amide bonds. The number of sulfonamides is 1. The summed E-state index contributed by atoms with van der Waals surface area (Å²) in [5, 5.41) is 24.7. The SMILES string of the molecule is CN(C)S(=O)(=O)c1[nH]nc(-c2ccccn2)c1B(O)O. The summed E-state index contributed by atoms with van der Waals surface area (Å²) in [7, 11) is -3.19. The molecular formula is C10H13BN4O4S. The molecule has 2 aromatic rings. The lowest BCUT2D eigenvalue weighted by Crippen LogP contribution is -2.37. The molecule has 0 saturated heterocycles. The predicted octanol–water partition coefficient (Wildman–Crippen LogP) is -1.60. The number of pyridine rings is 1. The van der Waals surface area contributed by atoms with E-state index in [0.717, 1.165) is 4.31 Å². The molecule has 0 aliphatic carbocycles. The van der Waals surface area contributed by atoms with Gasteiger partial charge in [0.1, 0.15) is 5.69 Å². The summed E-state index contributed by atoms with van der Waals surface area (Å²) in [5.41, 5.74) is 0.200. The lowest BCUT2D eigenvalue weighted by molar-refractivity contribution is 0.424. The van der Waals surface area contributed by atoms with Crippen LogP contribution in [0.15, 0.2) is 29.4 Å². The quantitative estimate of drug-likeness (QED) is 0.585. The van der Waals surface area contributed by atoms with E-state index in [4.69, 9.17) is 0 Å².